The van der Waals surface area contributed by atoms with Crippen molar-refractivity contribution in [1.29, 1.82) is 0 Å². The minimum Gasteiger partial charge on any atom is -0.348 e. The first-order valence-electron chi connectivity index (χ1n) is 8.74. The van der Waals surface area contributed by atoms with Gasteiger partial charge in [0.05, 0.1) is 18.0 Å². The Morgan fingerprint density at radius 3 is 2.19 bits per heavy atom. The molecule has 0 heterocycles. The second-order valence-corrected chi connectivity index (χ2v) is 9.25. The summed E-state index contributed by atoms with van der Waals surface area (Å²) >= 11 is 5.87. The molecule has 1 N–H and O–H groups in total. The molecule has 2 rings (SSSR count). The number of carbonyl (C=O) groups is 1. The number of carbonyl (C=O) groups excluding carboxylic acids is 1. The van der Waals surface area contributed by atoms with Crippen molar-refractivity contribution in [3.05, 3.63) is 65.2 Å². The Balaban J connectivity index is 2.19. The largest absolute Gasteiger partial charge is 0.348 e. The zero-order valence-electron chi connectivity index (χ0n) is 15.7. The van der Waals surface area contributed by atoms with Crippen LogP contribution in [0.25, 0.3) is 0 Å². The molecule has 1 atom stereocenters. The van der Waals surface area contributed by atoms with E-state index in [9.17, 15) is 13.2 Å². The number of sulfonamides is 1. The van der Waals surface area contributed by atoms with E-state index in [1.165, 1.54) is 0 Å². The van der Waals surface area contributed by atoms with E-state index in [-0.39, 0.29) is 18.5 Å². The monoisotopic (exact) mass is 408 g/mol. The summed E-state index contributed by atoms with van der Waals surface area (Å²) in [7, 11) is -3.62. The summed E-state index contributed by atoms with van der Waals surface area (Å²) in [5.41, 5.74) is 1.40. The molecule has 0 saturated carbocycles. The lowest BCUT2D eigenvalue weighted by Gasteiger charge is -2.25. The Morgan fingerprint density at radius 1 is 1.07 bits per heavy atom. The highest BCUT2D eigenvalue weighted by molar-refractivity contribution is 7.92. The van der Waals surface area contributed by atoms with Gasteiger partial charge in [-0.2, -0.15) is 0 Å². The Kier molecular flexibility index (Phi) is 7.27. The third-order valence-corrected chi connectivity index (χ3v) is 5.44. The Bertz CT molecular complexity index is 853. The van der Waals surface area contributed by atoms with Gasteiger partial charge in [-0.15, -0.1) is 0 Å². The summed E-state index contributed by atoms with van der Waals surface area (Å²) in [6.45, 7) is 3.87. The predicted molar refractivity (Wildman–Crippen MR) is 110 cm³/mol. The van der Waals surface area contributed by atoms with Gasteiger partial charge in [0.25, 0.3) is 0 Å². The van der Waals surface area contributed by atoms with E-state index in [0.29, 0.717) is 16.6 Å². The van der Waals surface area contributed by atoms with Gasteiger partial charge in [0.15, 0.2) is 0 Å². The lowest BCUT2D eigenvalue weighted by molar-refractivity contribution is -0.120. The Morgan fingerprint density at radius 2 is 1.67 bits per heavy atom. The highest BCUT2D eigenvalue weighted by Crippen LogP contribution is 2.23. The molecule has 0 radical (unpaired) electrons. The maximum absolute atomic E-state index is 12.7. The zero-order chi connectivity index (χ0) is 20.0. The summed E-state index contributed by atoms with van der Waals surface area (Å²) in [4.78, 5) is 12.7. The summed E-state index contributed by atoms with van der Waals surface area (Å²) in [6.07, 6.45) is 1.84. The summed E-state index contributed by atoms with van der Waals surface area (Å²) in [5, 5.41) is 3.48. The van der Waals surface area contributed by atoms with Crippen LogP contribution in [0.1, 0.15) is 31.9 Å². The minimum absolute atomic E-state index is 0.176. The van der Waals surface area contributed by atoms with Crippen LogP contribution in [0.2, 0.25) is 5.02 Å². The number of benzene rings is 2. The summed E-state index contributed by atoms with van der Waals surface area (Å²) < 4.78 is 25.5. The molecule has 5 nitrogen and oxygen atoms in total. The highest BCUT2D eigenvalue weighted by atomic mass is 35.5. The van der Waals surface area contributed by atoms with Crippen LogP contribution >= 0.6 is 11.6 Å². The number of rotatable bonds is 8. The maximum atomic E-state index is 12.7. The fourth-order valence-electron chi connectivity index (χ4n) is 2.81. The smallest absolute Gasteiger partial charge is 0.241 e. The van der Waals surface area contributed by atoms with Crippen LogP contribution in [0.3, 0.4) is 0 Å². The average molecular weight is 409 g/mol. The SMILES string of the molecule is CC(C)C[C@@H](NC(=O)CN(c1ccc(Cl)cc1)S(C)(=O)=O)c1ccccc1. The second kappa shape index (κ2) is 9.24. The lowest BCUT2D eigenvalue weighted by Crippen LogP contribution is -2.41. The highest BCUT2D eigenvalue weighted by Gasteiger charge is 2.23. The van der Waals surface area contributed by atoms with Crippen LogP contribution < -0.4 is 9.62 Å². The van der Waals surface area contributed by atoms with Crippen LogP contribution in [-0.4, -0.2) is 27.1 Å². The van der Waals surface area contributed by atoms with E-state index in [0.717, 1.165) is 22.5 Å². The van der Waals surface area contributed by atoms with Crippen molar-refractivity contribution in [2.75, 3.05) is 17.1 Å². The number of amides is 1. The van der Waals surface area contributed by atoms with Crippen molar-refractivity contribution in [1.82, 2.24) is 5.32 Å². The van der Waals surface area contributed by atoms with Crippen molar-refractivity contribution >= 4 is 33.2 Å². The normalized spacial score (nSPS) is 12.6. The van der Waals surface area contributed by atoms with Crippen molar-refractivity contribution in [3.63, 3.8) is 0 Å². The number of hydrogen-bond donors (Lipinski definition) is 1. The van der Waals surface area contributed by atoms with E-state index in [2.05, 4.69) is 19.2 Å². The molecule has 2 aromatic carbocycles. The molecule has 0 saturated heterocycles. The molecule has 0 bridgehead atoms. The number of nitrogens with one attached hydrogen (secondary N) is 1. The Labute approximate surface area is 166 Å². The van der Waals surface area contributed by atoms with E-state index in [4.69, 9.17) is 11.6 Å². The molecule has 0 aliphatic rings. The third kappa shape index (κ3) is 6.56. The van der Waals surface area contributed by atoms with Crippen LogP contribution in [-0.2, 0) is 14.8 Å². The van der Waals surface area contributed by atoms with E-state index in [1.807, 2.05) is 30.3 Å². The van der Waals surface area contributed by atoms with Crippen LogP contribution in [0.15, 0.2) is 54.6 Å². The van der Waals surface area contributed by atoms with E-state index >= 15 is 0 Å². The van der Waals surface area contributed by atoms with Gasteiger partial charge < -0.3 is 5.32 Å². The fraction of sp³-hybridized carbons (Fsp3) is 0.350. The van der Waals surface area contributed by atoms with Crippen LogP contribution in [0, 0.1) is 5.92 Å². The van der Waals surface area contributed by atoms with Gasteiger partial charge in [-0.3, -0.25) is 9.10 Å². The van der Waals surface area contributed by atoms with E-state index in [1.54, 1.807) is 24.3 Å². The summed E-state index contributed by atoms with van der Waals surface area (Å²) in [5.74, 6) is 0.0164. The van der Waals surface area contributed by atoms with Crippen molar-refractivity contribution < 1.29 is 13.2 Å². The number of anilines is 1. The molecule has 146 valence electrons. The molecule has 0 aromatic heterocycles. The van der Waals surface area contributed by atoms with Crippen LogP contribution in [0.5, 0.6) is 0 Å². The molecule has 0 fully saturated rings. The third-order valence-electron chi connectivity index (χ3n) is 4.05. The zero-order valence-corrected chi connectivity index (χ0v) is 17.3. The maximum Gasteiger partial charge on any atom is 0.241 e. The molecule has 2 aromatic rings. The molecule has 27 heavy (non-hydrogen) atoms. The van der Waals surface area contributed by atoms with Gasteiger partial charge in [-0.05, 0) is 42.2 Å². The number of nitrogens with zero attached hydrogens (tertiary/aromatic N) is 1. The van der Waals surface area contributed by atoms with Gasteiger partial charge in [0.1, 0.15) is 6.54 Å². The second-order valence-electron chi connectivity index (χ2n) is 6.91. The first-order chi connectivity index (χ1) is 12.7. The first-order valence-corrected chi connectivity index (χ1v) is 11.0. The standard InChI is InChI=1S/C20H25ClN2O3S/c1-15(2)13-19(16-7-5-4-6-8-16)22-20(24)14-23(27(3,25)26)18-11-9-17(21)10-12-18/h4-12,15,19H,13-14H2,1-3H3,(H,22,24)/t19-/m1/s1. The molecule has 1 amide bonds. The predicted octanol–water partition coefficient (Wildman–Crippen LogP) is 4.01. The minimum atomic E-state index is -3.62. The molecular formula is C20H25ClN2O3S. The Hall–Kier alpha value is -2.05. The van der Waals surface area contributed by atoms with Crippen molar-refractivity contribution in [3.8, 4) is 0 Å². The first kappa shape index (κ1) is 21.3. The van der Waals surface area contributed by atoms with Gasteiger partial charge in [0.2, 0.25) is 15.9 Å². The lowest BCUT2D eigenvalue weighted by atomic mass is 9.97. The summed E-state index contributed by atoms with van der Waals surface area (Å²) in [6, 6.07) is 15.9. The number of halogens is 1. The fourth-order valence-corrected chi connectivity index (χ4v) is 3.80. The quantitative estimate of drug-likeness (QED) is 0.717. The van der Waals surface area contributed by atoms with Crippen molar-refractivity contribution in [2.45, 2.75) is 26.3 Å². The topological polar surface area (TPSA) is 66.5 Å². The van der Waals surface area contributed by atoms with Crippen molar-refractivity contribution in [2.24, 2.45) is 5.92 Å². The van der Waals surface area contributed by atoms with Gasteiger partial charge >= 0.3 is 0 Å². The number of hydrogen-bond acceptors (Lipinski definition) is 3. The van der Waals surface area contributed by atoms with Gasteiger partial charge in [0, 0.05) is 5.02 Å². The van der Waals surface area contributed by atoms with E-state index < -0.39 is 10.0 Å². The average Bonchev–Trinajstić information content (AvgIpc) is 2.59. The van der Waals surface area contributed by atoms with Gasteiger partial charge in [-0.25, -0.2) is 8.42 Å². The molecule has 0 unspecified atom stereocenters. The molecule has 0 aliphatic heterocycles. The molecule has 0 aliphatic carbocycles. The molecule has 0 spiro atoms. The molecular weight excluding hydrogens is 384 g/mol. The van der Waals surface area contributed by atoms with Gasteiger partial charge in [-0.1, -0.05) is 55.8 Å². The van der Waals surface area contributed by atoms with Crippen LogP contribution in [0.4, 0.5) is 5.69 Å². The molecule has 7 heteroatoms.